The number of para-hydroxylation sites is 1. The normalized spacial score (nSPS) is 14.9. The molecule has 1 aliphatic rings. The molecular weight excluding hydrogens is 464 g/mol. The minimum absolute atomic E-state index is 0.143. The zero-order valence-corrected chi connectivity index (χ0v) is 20.2. The van der Waals surface area contributed by atoms with Crippen molar-refractivity contribution < 1.29 is 17.9 Å². The molecule has 0 spiro atoms. The van der Waals surface area contributed by atoms with E-state index in [-0.39, 0.29) is 17.1 Å². The number of nitrogens with zero attached hydrogens (tertiary/aromatic N) is 4. The van der Waals surface area contributed by atoms with E-state index in [1.165, 1.54) is 10.4 Å². The molecular formula is C26H26N4O4S. The predicted octanol–water partition coefficient (Wildman–Crippen LogP) is 4.18. The zero-order valence-electron chi connectivity index (χ0n) is 19.4. The van der Waals surface area contributed by atoms with E-state index in [2.05, 4.69) is 5.10 Å². The van der Waals surface area contributed by atoms with Gasteiger partial charge in [0.2, 0.25) is 10.0 Å². The average Bonchev–Trinajstić information content (AvgIpc) is 3.32. The summed E-state index contributed by atoms with van der Waals surface area (Å²) >= 11 is 0. The van der Waals surface area contributed by atoms with Gasteiger partial charge in [0.1, 0.15) is 17.3 Å². The molecule has 1 fully saturated rings. The smallest absolute Gasteiger partial charge is 0.348 e. The lowest BCUT2D eigenvalue weighted by atomic mass is 10.1. The van der Waals surface area contributed by atoms with Crippen molar-refractivity contribution in [2.24, 2.45) is 0 Å². The van der Waals surface area contributed by atoms with Gasteiger partial charge in [0, 0.05) is 30.4 Å². The van der Waals surface area contributed by atoms with E-state index < -0.39 is 16.0 Å². The summed E-state index contributed by atoms with van der Waals surface area (Å²) in [4.78, 5) is 12.4. The third-order valence-electron chi connectivity index (χ3n) is 5.74. The molecule has 2 heterocycles. The van der Waals surface area contributed by atoms with Gasteiger partial charge in [0.15, 0.2) is 0 Å². The summed E-state index contributed by atoms with van der Waals surface area (Å²) in [7, 11) is -3.64. The lowest BCUT2D eigenvalue weighted by molar-refractivity contribution is -0.137. The van der Waals surface area contributed by atoms with Gasteiger partial charge in [0.05, 0.1) is 17.2 Å². The summed E-state index contributed by atoms with van der Waals surface area (Å²) in [5, 5.41) is 14.2. The lowest BCUT2D eigenvalue weighted by Gasteiger charge is -2.26. The molecule has 8 nitrogen and oxygen atoms in total. The van der Waals surface area contributed by atoms with Gasteiger partial charge in [-0.15, -0.1) is 0 Å². The first-order valence-electron chi connectivity index (χ1n) is 11.5. The molecule has 3 aromatic rings. The number of piperidine rings is 1. The predicted molar refractivity (Wildman–Crippen MR) is 132 cm³/mol. The van der Waals surface area contributed by atoms with Crippen LogP contribution in [0.2, 0.25) is 0 Å². The second kappa shape index (κ2) is 10.7. The molecule has 35 heavy (non-hydrogen) atoms. The third kappa shape index (κ3) is 5.34. The molecule has 180 valence electrons. The number of carbonyl (C=O) groups excluding carboxylic acids is 1. The van der Waals surface area contributed by atoms with Crippen LogP contribution in [0.25, 0.3) is 23.0 Å². The van der Waals surface area contributed by atoms with Crippen molar-refractivity contribution in [1.29, 1.82) is 5.26 Å². The fourth-order valence-electron chi connectivity index (χ4n) is 3.99. The maximum absolute atomic E-state index is 13.3. The topological polar surface area (TPSA) is 105 Å². The highest BCUT2D eigenvalue weighted by atomic mass is 32.2. The summed E-state index contributed by atoms with van der Waals surface area (Å²) in [5.41, 5.74) is 2.11. The highest BCUT2D eigenvalue weighted by molar-refractivity contribution is 7.89. The van der Waals surface area contributed by atoms with Crippen LogP contribution in [0.3, 0.4) is 0 Å². The molecule has 0 bridgehead atoms. The number of nitriles is 1. The van der Waals surface area contributed by atoms with E-state index in [4.69, 9.17) is 4.74 Å². The van der Waals surface area contributed by atoms with Crippen molar-refractivity contribution in [3.05, 3.63) is 71.9 Å². The summed E-state index contributed by atoms with van der Waals surface area (Å²) in [5.74, 6) is -0.727. The van der Waals surface area contributed by atoms with E-state index in [0.29, 0.717) is 29.9 Å². The highest BCUT2D eigenvalue weighted by Gasteiger charge is 2.26. The van der Waals surface area contributed by atoms with Gasteiger partial charge in [0.25, 0.3) is 0 Å². The Hall–Kier alpha value is -3.74. The highest BCUT2D eigenvalue weighted by Crippen LogP contribution is 2.29. The Bertz CT molecular complexity index is 1380. The molecule has 1 aliphatic heterocycles. The van der Waals surface area contributed by atoms with E-state index in [0.717, 1.165) is 24.9 Å². The maximum Gasteiger partial charge on any atom is 0.348 e. The van der Waals surface area contributed by atoms with Gasteiger partial charge in [-0.25, -0.2) is 17.9 Å². The van der Waals surface area contributed by atoms with Crippen LogP contribution in [0.4, 0.5) is 0 Å². The average molecular weight is 491 g/mol. The first-order chi connectivity index (χ1) is 16.9. The molecule has 0 unspecified atom stereocenters. The Balaban J connectivity index is 1.82. The number of carbonyl (C=O) groups is 1. The Morgan fingerprint density at radius 1 is 1.11 bits per heavy atom. The van der Waals surface area contributed by atoms with Crippen LogP contribution >= 0.6 is 0 Å². The van der Waals surface area contributed by atoms with Crippen LogP contribution in [0.5, 0.6) is 0 Å². The number of benzene rings is 2. The number of hydrogen-bond donors (Lipinski definition) is 0. The van der Waals surface area contributed by atoms with Gasteiger partial charge in [-0.2, -0.15) is 14.7 Å². The molecule has 4 rings (SSSR count). The molecule has 0 radical (unpaired) electrons. The van der Waals surface area contributed by atoms with Gasteiger partial charge < -0.3 is 4.74 Å². The summed E-state index contributed by atoms with van der Waals surface area (Å²) < 4.78 is 34.7. The van der Waals surface area contributed by atoms with Crippen molar-refractivity contribution in [3.63, 3.8) is 0 Å². The van der Waals surface area contributed by atoms with Crippen molar-refractivity contribution in [3.8, 4) is 23.0 Å². The maximum atomic E-state index is 13.3. The van der Waals surface area contributed by atoms with E-state index in [1.807, 2.05) is 36.4 Å². The van der Waals surface area contributed by atoms with E-state index in [1.54, 1.807) is 42.1 Å². The largest absolute Gasteiger partial charge is 0.462 e. The number of ether oxygens (including phenoxy) is 1. The number of hydrogen-bond acceptors (Lipinski definition) is 6. The van der Waals surface area contributed by atoms with Crippen LogP contribution in [0, 0.1) is 11.3 Å². The fourth-order valence-corrected chi connectivity index (χ4v) is 5.55. The molecule has 0 aliphatic carbocycles. The van der Waals surface area contributed by atoms with Gasteiger partial charge in [-0.1, -0.05) is 36.8 Å². The van der Waals surface area contributed by atoms with Crippen LogP contribution in [-0.2, 0) is 19.6 Å². The number of sulfonamides is 1. The molecule has 0 N–H and O–H groups in total. The monoisotopic (exact) mass is 490 g/mol. The molecule has 1 aromatic heterocycles. The third-order valence-corrected chi connectivity index (χ3v) is 7.63. The standard InChI is InChI=1S/C26H26N4O4S/c1-2-34-26(31)21(18-27)16-22-19-30(23-11-5-3-6-12-23)28-25(22)20-10-9-13-24(17-20)35(32,33)29-14-7-4-8-15-29/h3,5-6,9-13,16-17,19H,2,4,7-8,14-15H2,1H3/b21-16+. The number of aromatic nitrogens is 2. The second-order valence-electron chi connectivity index (χ2n) is 8.10. The van der Waals surface area contributed by atoms with Crippen LogP contribution in [0.1, 0.15) is 31.7 Å². The summed E-state index contributed by atoms with van der Waals surface area (Å²) in [6.45, 7) is 2.83. The van der Waals surface area contributed by atoms with Gasteiger partial charge in [-0.05, 0) is 50.1 Å². The van der Waals surface area contributed by atoms with Crippen molar-refractivity contribution in [2.45, 2.75) is 31.1 Å². The van der Waals surface area contributed by atoms with Crippen LogP contribution in [0.15, 0.2) is 71.3 Å². The minimum atomic E-state index is -3.64. The molecule has 2 aromatic carbocycles. The van der Waals surface area contributed by atoms with E-state index in [9.17, 15) is 18.5 Å². The first kappa shape index (κ1) is 24.4. The molecule has 1 saturated heterocycles. The summed E-state index contributed by atoms with van der Waals surface area (Å²) in [6, 6.07) is 17.9. The number of esters is 1. The molecule has 0 atom stereocenters. The second-order valence-corrected chi connectivity index (χ2v) is 10.0. The Kier molecular flexibility index (Phi) is 7.44. The Morgan fingerprint density at radius 2 is 1.86 bits per heavy atom. The SMILES string of the molecule is CCOC(=O)/C(C#N)=C/c1cn(-c2ccccc2)nc1-c1cccc(S(=O)(=O)N2CCCCC2)c1. The molecule has 0 saturated carbocycles. The fraction of sp³-hybridized carbons (Fsp3) is 0.269. The molecule has 0 amide bonds. The zero-order chi connectivity index (χ0) is 24.8. The minimum Gasteiger partial charge on any atom is -0.462 e. The van der Waals surface area contributed by atoms with Gasteiger partial charge >= 0.3 is 5.97 Å². The number of rotatable bonds is 7. The summed E-state index contributed by atoms with van der Waals surface area (Å²) in [6.07, 6.45) is 5.85. The van der Waals surface area contributed by atoms with Crippen LogP contribution < -0.4 is 0 Å². The van der Waals surface area contributed by atoms with Crippen molar-refractivity contribution in [1.82, 2.24) is 14.1 Å². The lowest BCUT2D eigenvalue weighted by Crippen LogP contribution is -2.35. The van der Waals surface area contributed by atoms with Crippen molar-refractivity contribution in [2.75, 3.05) is 19.7 Å². The Morgan fingerprint density at radius 3 is 2.54 bits per heavy atom. The van der Waals surface area contributed by atoms with Crippen LogP contribution in [-0.4, -0.2) is 48.2 Å². The first-order valence-corrected chi connectivity index (χ1v) is 12.9. The van der Waals surface area contributed by atoms with Crippen molar-refractivity contribution >= 4 is 22.1 Å². The Labute approximate surface area is 205 Å². The van der Waals surface area contributed by atoms with Gasteiger partial charge in [-0.3, -0.25) is 0 Å². The quantitative estimate of drug-likeness (QED) is 0.279. The van der Waals surface area contributed by atoms with E-state index >= 15 is 0 Å². The molecule has 9 heteroatoms.